The normalized spacial score (nSPS) is 11.7. The Balaban J connectivity index is 1.87. The molecule has 0 aliphatic rings. The van der Waals surface area contributed by atoms with E-state index in [-0.39, 0.29) is 12.0 Å². The van der Waals surface area contributed by atoms with Gasteiger partial charge in [0, 0.05) is 27.2 Å². The van der Waals surface area contributed by atoms with Crippen LogP contribution in [0.15, 0.2) is 36.4 Å². The van der Waals surface area contributed by atoms with Gasteiger partial charge in [-0.1, -0.05) is 35.3 Å². The fourth-order valence-electron chi connectivity index (χ4n) is 2.26. The zero-order chi connectivity index (χ0) is 19.3. The van der Waals surface area contributed by atoms with Crippen molar-refractivity contribution in [2.24, 2.45) is 0 Å². The molecule has 0 spiro atoms. The molecule has 2 aromatic rings. The predicted octanol–water partition coefficient (Wildman–Crippen LogP) is 4.23. The molecule has 0 aliphatic carbocycles. The number of benzene rings is 2. The third-order valence-corrected chi connectivity index (χ3v) is 4.26. The van der Waals surface area contributed by atoms with Gasteiger partial charge >= 0.3 is 5.97 Å². The molecular weight excluding hydrogens is 387 g/mol. The van der Waals surface area contributed by atoms with Crippen molar-refractivity contribution in [3.05, 3.63) is 69.2 Å². The average Bonchev–Trinajstić information content (AvgIpc) is 2.56. The Labute approximate surface area is 159 Å². The van der Waals surface area contributed by atoms with Crippen molar-refractivity contribution >= 4 is 35.1 Å². The number of ether oxygens (including phenoxy) is 1. The number of nitrogens with one attached hydrogen (secondary N) is 1. The summed E-state index contributed by atoms with van der Waals surface area (Å²) in [6, 6.07) is 7.15. The van der Waals surface area contributed by atoms with Crippen molar-refractivity contribution in [2.75, 3.05) is 6.61 Å². The van der Waals surface area contributed by atoms with E-state index in [1.807, 2.05) is 0 Å². The molecule has 1 N–H and O–H groups in total. The van der Waals surface area contributed by atoms with Gasteiger partial charge in [-0.3, -0.25) is 9.59 Å². The number of amides is 1. The number of halogens is 4. The van der Waals surface area contributed by atoms with E-state index in [1.54, 1.807) is 18.2 Å². The molecule has 0 bridgehead atoms. The second-order valence-corrected chi connectivity index (χ2v) is 6.31. The molecule has 4 nitrogen and oxygen atoms in total. The first kappa shape index (κ1) is 20.1. The first-order valence-corrected chi connectivity index (χ1v) is 8.36. The predicted molar refractivity (Wildman–Crippen MR) is 94.0 cm³/mol. The maximum absolute atomic E-state index is 13.7. The van der Waals surface area contributed by atoms with Crippen LogP contribution in [0.4, 0.5) is 8.78 Å². The minimum absolute atomic E-state index is 0.119. The van der Waals surface area contributed by atoms with Gasteiger partial charge in [0.25, 0.3) is 5.91 Å². The van der Waals surface area contributed by atoms with Crippen LogP contribution in [0, 0.1) is 11.6 Å². The van der Waals surface area contributed by atoms with Crippen LogP contribution in [0.2, 0.25) is 10.0 Å². The maximum Gasteiger partial charge on any atom is 0.310 e. The zero-order valence-electron chi connectivity index (χ0n) is 13.7. The smallest absolute Gasteiger partial charge is 0.310 e. The van der Waals surface area contributed by atoms with Crippen molar-refractivity contribution in [3.8, 4) is 0 Å². The van der Waals surface area contributed by atoms with Crippen molar-refractivity contribution in [1.29, 1.82) is 0 Å². The van der Waals surface area contributed by atoms with E-state index in [4.69, 9.17) is 27.9 Å². The Hall–Kier alpha value is -2.18. The highest BCUT2D eigenvalue weighted by atomic mass is 35.5. The van der Waals surface area contributed by atoms with Crippen LogP contribution in [0.1, 0.15) is 24.1 Å². The highest BCUT2D eigenvalue weighted by Gasteiger charge is 2.17. The summed E-state index contributed by atoms with van der Waals surface area (Å²) in [4.78, 5) is 23.7. The zero-order valence-corrected chi connectivity index (χ0v) is 15.2. The minimum atomic E-state index is -0.775. The van der Waals surface area contributed by atoms with Crippen molar-refractivity contribution in [3.63, 3.8) is 0 Å². The highest BCUT2D eigenvalue weighted by Crippen LogP contribution is 2.25. The number of carbonyl (C=O) groups excluding carboxylic acids is 2. The largest absolute Gasteiger partial charge is 0.455 e. The van der Waals surface area contributed by atoms with Crippen LogP contribution in [0.25, 0.3) is 0 Å². The van der Waals surface area contributed by atoms with Gasteiger partial charge in [0.1, 0.15) is 11.6 Å². The molecule has 0 aliphatic heterocycles. The van der Waals surface area contributed by atoms with Crippen LogP contribution in [0.3, 0.4) is 0 Å². The SMILES string of the molecule is C[C@@H](NC(=O)COC(=O)Cc1c(Cl)cccc1Cl)c1ccc(F)cc1F. The first-order valence-electron chi connectivity index (χ1n) is 7.60. The standard InChI is InChI=1S/C18H15Cl2F2NO3/c1-10(12-6-5-11(21)7-16(12)22)23-17(24)9-26-18(25)8-13-14(19)3-2-4-15(13)20/h2-7,10H,8-9H2,1H3,(H,23,24)/t10-/m1/s1. The summed E-state index contributed by atoms with van der Waals surface area (Å²) in [6.45, 7) is 0.980. The van der Waals surface area contributed by atoms with Gasteiger partial charge in [0.15, 0.2) is 6.61 Å². The minimum Gasteiger partial charge on any atom is -0.455 e. The molecule has 2 rings (SSSR count). The molecule has 138 valence electrons. The van der Waals surface area contributed by atoms with E-state index in [1.165, 1.54) is 13.0 Å². The van der Waals surface area contributed by atoms with Gasteiger partial charge in [0.05, 0.1) is 12.5 Å². The van der Waals surface area contributed by atoms with Gasteiger partial charge in [-0.15, -0.1) is 0 Å². The fraction of sp³-hybridized carbons (Fsp3) is 0.222. The summed E-state index contributed by atoms with van der Waals surface area (Å²) in [5.41, 5.74) is 0.525. The van der Waals surface area contributed by atoms with Crippen LogP contribution < -0.4 is 5.32 Å². The molecule has 0 heterocycles. The van der Waals surface area contributed by atoms with Gasteiger partial charge in [-0.2, -0.15) is 0 Å². The lowest BCUT2D eigenvalue weighted by molar-refractivity contribution is -0.148. The van der Waals surface area contributed by atoms with E-state index in [9.17, 15) is 18.4 Å². The van der Waals surface area contributed by atoms with E-state index >= 15 is 0 Å². The molecule has 26 heavy (non-hydrogen) atoms. The summed E-state index contributed by atoms with van der Waals surface area (Å²) in [6.07, 6.45) is -0.187. The lowest BCUT2D eigenvalue weighted by atomic mass is 10.1. The lowest BCUT2D eigenvalue weighted by Crippen LogP contribution is -2.31. The Morgan fingerprint density at radius 3 is 2.42 bits per heavy atom. The molecule has 0 saturated carbocycles. The van der Waals surface area contributed by atoms with E-state index in [0.29, 0.717) is 15.6 Å². The molecule has 0 aromatic heterocycles. The molecule has 0 fully saturated rings. The van der Waals surface area contributed by atoms with Gasteiger partial charge in [-0.25, -0.2) is 8.78 Å². The Kier molecular flexibility index (Phi) is 6.94. The van der Waals surface area contributed by atoms with Gasteiger partial charge < -0.3 is 10.1 Å². The lowest BCUT2D eigenvalue weighted by Gasteiger charge is -2.15. The van der Waals surface area contributed by atoms with Crippen molar-refractivity contribution in [2.45, 2.75) is 19.4 Å². The molecule has 1 atom stereocenters. The number of hydrogen-bond acceptors (Lipinski definition) is 3. The van der Waals surface area contributed by atoms with Crippen molar-refractivity contribution < 1.29 is 23.1 Å². The number of esters is 1. The second-order valence-electron chi connectivity index (χ2n) is 5.49. The van der Waals surface area contributed by atoms with Gasteiger partial charge in [-0.05, 0) is 25.1 Å². The molecule has 0 unspecified atom stereocenters. The third-order valence-electron chi connectivity index (χ3n) is 3.55. The molecule has 2 aromatic carbocycles. The maximum atomic E-state index is 13.7. The monoisotopic (exact) mass is 401 g/mol. The number of carbonyl (C=O) groups is 2. The Bertz CT molecular complexity index is 810. The average molecular weight is 402 g/mol. The summed E-state index contributed by atoms with van der Waals surface area (Å²) < 4.78 is 31.5. The Morgan fingerprint density at radius 1 is 1.15 bits per heavy atom. The van der Waals surface area contributed by atoms with Crippen LogP contribution in [-0.2, 0) is 20.7 Å². The molecular formula is C18H15Cl2F2NO3. The second kappa shape index (κ2) is 8.96. The van der Waals surface area contributed by atoms with Crippen LogP contribution in [0.5, 0.6) is 0 Å². The van der Waals surface area contributed by atoms with Gasteiger partial charge in [0.2, 0.25) is 0 Å². The van der Waals surface area contributed by atoms with Crippen molar-refractivity contribution in [1.82, 2.24) is 5.32 Å². The highest BCUT2D eigenvalue weighted by molar-refractivity contribution is 6.36. The van der Waals surface area contributed by atoms with E-state index in [0.717, 1.165) is 12.1 Å². The van der Waals surface area contributed by atoms with Crippen LogP contribution in [-0.4, -0.2) is 18.5 Å². The molecule has 1 amide bonds. The van der Waals surface area contributed by atoms with E-state index in [2.05, 4.69) is 5.32 Å². The Morgan fingerprint density at radius 2 is 1.81 bits per heavy atom. The first-order chi connectivity index (χ1) is 12.3. The summed E-state index contributed by atoms with van der Waals surface area (Å²) >= 11 is 11.9. The number of rotatable bonds is 6. The summed E-state index contributed by atoms with van der Waals surface area (Å²) in [5.74, 6) is -2.80. The van der Waals surface area contributed by atoms with E-state index < -0.39 is 36.2 Å². The number of hydrogen-bond donors (Lipinski definition) is 1. The topological polar surface area (TPSA) is 55.4 Å². The summed E-state index contributed by atoms with van der Waals surface area (Å²) in [5, 5.41) is 3.11. The van der Waals surface area contributed by atoms with Crippen LogP contribution >= 0.6 is 23.2 Å². The molecule has 8 heteroatoms. The quantitative estimate of drug-likeness (QED) is 0.736. The fourth-order valence-corrected chi connectivity index (χ4v) is 2.79. The molecule has 0 radical (unpaired) electrons. The summed E-state index contributed by atoms with van der Waals surface area (Å²) in [7, 11) is 0. The third kappa shape index (κ3) is 5.41. The molecule has 0 saturated heterocycles.